The number of carbonyl (C=O) groups is 6. The number of ether oxygens (including phenoxy) is 3. The molecule has 1 aliphatic carbocycles. The van der Waals surface area contributed by atoms with E-state index in [0.29, 0.717) is 73.3 Å². The number of amides is 7. The Morgan fingerprint density at radius 2 is 1.70 bits per heavy atom. The van der Waals surface area contributed by atoms with Crippen molar-refractivity contribution in [1.29, 1.82) is 0 Å². The van der Waals surface area contributed by atoms with Gasteiger partial charge in [0.15, 0.2) is 11.5 Å². The number of hydrogen-bond acceptors (Lipinski definition) is 12. The molecule has 71 heavy (non-hydrogen) atoms. The summed E-state index contributed by atoms with van der Waals surface area (Å²) in [6.07, 6.45) is 7.87. The van der Waals surface area contributed by atoms with Gasteiger partial charge < -0.3 is 41.2 Å². The number of imide groups is 1. The van der Waals surface area contributed by atoms with Gasteiger partial charge in [-0.05, 0) is 79.4 Å². The Morgan fingerprint density at radius 3 is 2.37 bits per heavy atom. The molecule has 3 aliphatic rings. The minimum absolute atomic E-state index is 0.0440. The second-order valence-corrected chi connectivity index (χ2v) is 18.1. The van der Waals surface area contributed by atoms with Crippen molar-refractivity contribution in [1.82, 2.24) is 30.5 Å². The van der Waals surface area contributed by atoms with Gasteiger partial charge >= 0.3 is 6.03 Å². The van der Waals surface area contributed by atoms with Crippen LogP contribution in [0.2, 0.25) is 5.02 Å². The third kappa shape index (κ3) is 12.9. The monoisotopic (exact) mass is 999 g/mol. The van der Waals surface area contributed by atoms with Crippen molar-refractivity contribution in [3.63, 3.8) is 0 Å². The average Bonchev–Trinajstić information content (AvgIpc) is 3.68. The number of aromatic nitrogens is 2. The number of nitrogens with two attached hydrogens (primary N) is 1. The van der Waals surface area contributed by atoms with Gasteiger partial charge in [-0.15, -0.1) is 0 Å². The van der Waals surface area contributed by atoms with Crippen LogP contribution in [0.4, 0.5) is 26.4 Å². The first-order valence-corrected chi connectivity index (χ1v) is 24.3. The summed E-state index contributed by atoms with van der Waals surface area (Å²) in [4.78, 5) is 86.6. The molecule has 21 heteroatoms. The lowest BCUT2D eigenvalue weighted by Gasteiger charge is -2.44. The maximum Gasteiger partial charge on any atom is 0.312 e. The van der Waals surface area contributed by atoms with E-state index in [0.717, 1.165) is 72.1 Å². The van der Waals surface area contributed by atoms with Crippen LogP contribution >= 0.6 is 11.6 Å². The highest BCUT2D eigenvalue weighted by Gasteiger charge is 2.55. The topological polar surface area (TPSA) is 231 Å². The second-order valence-electron chi connectivity index (χ2n) is 17.7. The molecule has 7 amide bonds. The van der Waals surface area contributed by atoms with Crippen LogP contribution in [-0.2, 0) is 35.3 Å². The molecule has 0 radical (unpaired) electrons. The number of nitrogens with one attached hydrogen (secondary N) is 4. The van der Waals surface area contributed by atoms with E-state index in [2.05, 4.69) is 26.2 Å². The van der Waals surface area contributed by atoms with Gasteiger partial charge in [0, 0.05) is 68.4 Å². The Hall–Kier alpha value is -6.90. The number of hydrazine groups is 1. The Morgan fingerprint density at radius 1 is 0.972 bits per heavy atom. The van der Waals surface area contributed by atoms with Crippen LogP contribution in [0.1, 0.15) is 70.3 Å². The Kier molecular flexibility index (Phi) is 17.8. The van der Waals surface area contributed by atoms with E-state index in [9.17, 15) is 33.2 Å². The molecule has 378 valence electrons. The molecule has 2 aliphatic heterocycles. The molecule has 1 atom stereocenters. The van der Waals surface area contributed by atoms with E-state index >= 15 is 0 Å². The molecular weight excluding hydrogens is 939 g/mol. The molecule has 1 saturated heterocycles. The Balaban J connectivity index is 1.08. The maximum absolute atomic E-state index is 14.3. The zero-order chi connectivity index (χ0) is 50.5. The maximum atomic E-state index is 14.3. The van der Waals surface area contributed by atoms with E-state index in [-0.39, 0.29) is 43.8 Å². The zero-order valence-electron chi connectivity index (χ0n) is 40.0. The number of morpholine rings is 1. The normalized spacial score (nSPS) is 15.7. The van der Waals surface area contributed by atoms with E-state index in [4.69, 9.17) is 36.5 Å². The fourth-order valence-electron chi connectivity index (χ4n) is 8.69. The van der Waals surface area contributed by atoms with E-state index in [1.807, 2.05) is 35.8 Å². The molecule has 3 heterocycles. The molecule has 6 N–H and O–H groups in total. The second kappa shape index (κ2) is 24.3. The summed E-state index contributed by atoms with van der Waals surface area (Å²) in [5.74, 6) is -2.34. The highest BCUT2D eigenvalue weighted by atomic mass is 35.5. The number of halogens is 2. The number of urea groups is 1. The Labute approximate surface area is 416 Å². The smallest absolute Gasteiger partial charge is 0.312 e. The van der Waals surface area contributed by atoms with Gasteiger partial charge in [0.2, 0.25) is 11.8 Å². The van der Waals surface area contributed by atoms with Crippen LogP contribution in [0.5, 0.6) is 11.5 Å². The van der Waals surface area contributed by atoms with E-state index < -0.39 is 52.8 Å². The van der Waals surface area contributed by atoms with Crippen molar-refractivity contribution >= 4 is 75.3 Å². The van der Waals surface area contributed by atoms with Gasteiger partial charge in [-0.1, -0.05) is 49.9 Å². The predicted octanol–water partition coefficient (Wildman–Crippen LogP) is 5.12. The number of anilines is 3. The fraction of sp³-hybridized carbons (Fsp3) is 0.440. The number of hydrogen-bond donors (Lipinski definition) is 5. The summed E-state index contributed by atoms with van der Waals surface area (Å²) in [7, 11) is 1.57. The number of methoxy groups -OCH3 is 1. The van der Waals surface area contributed by atoms with Crippen molar-refractivity contribution < 1.29 is 51.9 Å². The molecule has 4 aromatic rings. The molecule has 0 unspecified atom stereocenters. The van der Waals surface area contributed by atoms with Gasteiger partial charge in [-0.3, -0.25) is 28.9 Å². The van der Waals surface area contributed by atoms with Gasteiger partial charge in [-0.25, -0.2) is 18.8 Å². The van der Waals surface area contributed by atoms with Crippen molar-refractivity contribution in [2.45, 2.75) is 77.3 Å². The van der Waals surface area contributed by atoms with Crippen molar-refractivity contribution in [2.24, 2.45) is 11.1 Å². The zero-order valence-corrected chi connectivity index (χ0v) is 40.7. The van der Waals surface area contributed by atoms with E-state index in [1.165, 1.54) is 12.1 Å². The molecule has 2 fully saturated rings. The summed E-state index contributed by atoms with van der Waals surface area (Å²) in [5, 5.41) is 13.9. The first-order chi connectivity index (χ1) is 34.3. The highest BCUT2D eigenvalue weighted by Crippen LogP contribution is 2.44. The third-order valence-corrected chi connectivity index (χ3v) is 13.1. The van der Waals surface area contributed by atoms with Crippen LogP contribution < -0.4 is 41.0 Å². The predicted molar refractivity (Wildman–Crippen MR) is 262 cm³/mol. The molecule has 0 bridgehead atoms. The lowest BCUT2D eigenvalue weighted by Crippen LogP contribution is -2.62. The number of benzene rings is 3. The van der Waals surface area contributed by atoms with Gasteiger partial charge in [0.1, 0.15) is 29.3 Å². The highest BCUT2D eigenvalue weighted by molar-refractivity contribution is 6.31. The standard InChI is InChI=1S/C50H60ClFN10O9/c1-3-4-5-22-61(62-43(63)16-17-44(62)64)48(67)50(18-7-19-50)47(66)58-39(9-6-20-54-49(53)68)46(65)57-34-12-10-33(11-13-34)31-60-32-55-45(56-35-14-15-38(52)37(51)28-35)36-29-42(41(69-2)30-40(36)60)71-25-8-21-59-23-26-70-27-24-59/h10-17,28-30,32,39H,3-9,18-27,31H2,1-2H3,(H5,53,54,57,58,65,66,68)/p+1/t39-/m0/s1. The largest absolute Gasteiger partial charge is 0.493 e. The summed E-state index contributed by atoms with van der Waals surface area (Å²) in [6, 6.07) is 13.3. The fourth-order valence-corrected chi connectivity index (χ4v) is 8.87. The summed E-state index contributed by atoms with van der Waals surface area (Å²) >= 11 is 6.13. The van der Waals surface area contributed by atoms with Gasteiger partial charge in [0.25, 0.3) is 29.9 Å². The first-order valence-electron chi connectivity index (χ1n) is 24.0. The SMILES string of the molecule is CCCCCN(C(=O)C1(C(=O)N[C@@H](CCCNC(N)=O)C(=O)Nc2ccc(C[n+]3cnc(Nc4ccc(F)c(Cl)c4)c4cc(OCCCN5CCOCC5)c(OC)cc43)cc2)CCC1)N1C(=O)C=CC1=O. The molecule has 1 saturated carbocycles. The van der Waals surface area contributed by atoms with Gasteiger partial charge in [0.05, 0.1) is 37.3 Å². The lowest BCUT2D eigenvalue weighted by molar-refractivity contribution is -0.665. The molecule has 1 aromatic heterocycles. The number of fused-ring (bicyclic) bond motifs is 1. The average molecular weight is 1000 g/mol. The molecule has 3 aromatic carbocycles. The Bertz CT molecular complexity index is 2610. The summed E-state index contributed by atoms with van der Waals surface area (Å²) in [6.45, 7) is 6.99. The first kappa shape index (κ1) is 51.9. The minimum Gasteiger partial charge on any atom is -0.493 e. The summed E-state index contributed by atoms with van der Waals surface area (Å²) in [5.41, 5.74) is 6.18. The molecule has 0 spiro atoms. The van der Waals surface area contributed by atoms with Crippen LogP contribution in [0.15, 0.2) is 73.1 Å². The summed E-state index contributed by atoms with van der Waals surface area (Å²) < 4.78 is 33.6. The van der Waals surface area contributed by atoms with Crippen molar-refractivity contribution in [2.75, 3.05) is 70.3 Å². The van der Waals surface area contributed by atoms with E-state index in [1.54, 1.807) is 31.6 Å². The molecule has 19 nitrogen and oxygen atoms in total. The quantitative estimate of drug-likeness (QED) is 0.0267. The third-order valence-electron chi connectivity index (χ3n) is 12.8. The van der Waals surface area contributed by atoms with Crippen molar-refractivity contribution in [3.8, 4) is 11.5 Å². The lowest BCUT2D eigenvalue weighted by atomic mass is 9.67. The number of carbonyl (C=O) groups excluding carboxylic acids is 6. The number of primary amides is 1. The van der Waals surface area contributed by atoms with Crippen molar-refractivity contribution in [3.05, 3.63) is 89.5 Å². The van der Waals surface area contributed by atoms with Gasteiger partial charge in [-0.2, -0.15) is 5.01 Å². The van der Waals surface area contributed by atoms with Crippen LogP contribution in [0.3, 0.4) is 0 Å². The minimum atomic E-state index is -1.61. The molecule has 7 rings (SSSR count). The number of rotatable bonds is 24. The molecular formula is C50H61ClFN10O9+. The number of nitrogens with zero attached hydrogens (tertiary/aromatic N) is 5. The van der Waals surface area contributed by atoms with Crippen LogP contribution in [0, 0.1) is 11.2 Å². The van der Waals surface area contributed by atoms with Crippen LogP contribution in [-0.4, -0.2) is 121 Å². The number of unbranched alkanes of at least 4 members (excludes halogenated alkanes) is 2. The van der Waals surface area contributed by atoms with Crippen LogP contribution in [0.25, 0.3) is 10.9 Å².